The van der Waals surface area contributed by atoms with Gasteiger partial charge in [-0.25, -0.2) is 0 Å². The van der Waals surface area contributed by atoms with Crippen LogP contribution >= 0.6 is 11.6 Å². The number of rotatable bonds is 12. The van der Waals surface area contributed by atoms with E-state index in [4.69, 9.17) is 11.6 Å². The highest BCUT2D eigenvalue weighted by atomic mass is 35.5. The average Bonchev–Trinajstić information content (AvgIpc) is 3.03. The number of phenols is 1. The van der Waals surface area contributed by atoms with Crippen molar-refractivity contribution in [2.24, 2.45) is 11.8 Å². The lowest BCUT2D eigenvalue weighted by Gasteiger charge is -2.21. The third kappa shape index (κ3) is 8.45. The Morgan fingerprint density at radius 3 is 2.71 bits per heavy atom. The number of phenolic OH excluding ortho intramolecular Hbond substituents is 1. The number of aromatic hydroxyl groups is 1. The predicted octanol–water partition coefficient (Wildman–Crippen LogP) is 6.31. The van der Waals surface area contributed by atoms with Gasteiger partial charge in [0.1, 0.15) is 5.75 Å². The molecule has 2 aromatic rings. The van der Waals surface area contributed by atoms with Gasteiger partial charge in [0.15, 0.2) is 5.78 Å². The molecule has 0 radical (unpaired) electrons. The van der Waals surface area contributed by atoms with Crippen LogP contribution in [0.5, 0.6) is 5.75 Å². The van der Waals surface area contributed by atoms with Gasteiger partial charge in [0.05, 0.1) is 11.1 Å². The van der Waals surface area contributed by atoms with Crippen LogP contribution in [0.15, 0.2) is 48.6 Å². The SMILES string of the molecule is CCCC(CC/C=C/C(=O)N[C@H](Cc1cc(C)c(O)c(Cl)c1)C(C)=O)CC1CCc2ccccc2NC1=O. The number of ketones is 1. The number of amides is 2. The van der Waals surface area contributed by atoms with Gasteiger partial charge in [0, 0.05) is 11.6 Å². The number of anilines is 1. The van der Waals surface area contributed by atoms with Gasteiger partial charge in [0.2, 0.25) is 11.8 Å². The highest BCUT2D eigenvalue weighted by molar-refractivity contribution is 6.32. The molecule has 38 heavy (non-hydrogen) atoms. The number of nitrogens with one attached hydrogen (secondary N) is 2. The molecule has 3 N–H and O–H groups in total. The second kappa shape index (κ2) is 14.1. The third-order valence-corrected chi connectivity index (χ3v) is 7.58. The second-order valence-corrected chi connectivity index (χ2v) is 10.8. The molecule has 0 spiro atoms. The summed E-state index contributed by atoms with van der Waals surface area (Å²) in [5, 5.41) is 16.0. The third-order valence-electron chi connectivity index (χ3n) is 7.29. The second-order valence-electron chi connectivity index (χ2n) is 10.4. The Kier molecular flexibility index (Phi) is 11.0. The molecule has 0 fully saturated rings. The van der Waals surface area contributed by atoms with Crippen LogP contribution in [0.4, 0.5) is 5.69 Å². The van der Waals surface area contributed by atoms with E-state index < -0.39 is 6.04 Å². The minimum Gasteiger partial charge on any atom is -0.506 e. The van der Waals surface area contributed by atoms with Crippen LogP contribution in [0, 0.1) is 18.8 Å². The first-order valence-corrected chi connectivity index (χ1v) is 13.9. The first-order chi connectivity index (χ1) is 18.2. The summed E-state index contributed by atoms with van der Waals surface area (Å²) in [6, 6.07) is 10.7. The molecule has 2 aromatic carbocycles. The maximum absolute atomic E-state index is 12.9. The molecule has 0 aliphatic carbocycles. The Balaban J connectivity index is 1.51. The molecule has 0 saturated heterocycles. The summed E-state index contributed by atoms with van der Waals surface area (Å²) in [5.74, 6) is 0.0381. The van der Waals surface area contributed by atoms with Crippen LogP contribution in [0.25, 0.3) is 0 Å². The number of fused-ring (bicyclic) bond motifs is 1. The van der Waals surface area contributed by atoms with Gasteiger partial charge in [0.25, 0.3) is 0 Å². The fourth-order valence-corrected chi connectivity index (χ4v) is 5.46. The zero-order valence-electron chi connectivity index (χ0n) is 22.6. The van der Waals surface area contributed by atoms with Gasteiger partial charge in [-0.2, -0.15) is 0 Å². The minimum absolute atomic E-state index is 0.0143. The van der Waals surface area contributed by atoms with Gasteiger partial charge in [-0.1, -0.05) is 61.7 Å². The van der Waals surface area contributed by atoms with Gasteiger partial charge in [-0.05, 0) is 93.2 Å². The van der Waals surface area contributed by atoms with Crippen molar-refractivity contribution in [1.82, 2.24) is 5.32 Å². The van der Waals surface area contributed by atoms with E-state index in [1.54, 1.807) is 19.1 Å². The van der Waals surface area contributed by atoms with E-state index in [0.717, 1.165) is 56.2 Å². The van der Waals surface area contributed by atoms with Crippen molar-refractivity contribution in [3.8, 4) is 5.75 Å². The van der Waals surface area contributed by atoms with E-state index in [0.29, 0.717) is 17.9 Å². The number of hydrogen-bond donors (Lipinski definition) is 3. The molecule has 2 amide bonds. The lowest BCUT2D eigenvalue weighted by atomic mass is 9.85. The van der Waals surface area contributed by atoms with Crippen molar-refractivity contribution in [2.45, 2.75) is 78.2 Å². The van der Waals surface area contributed by atoms with Crippen LogP contribution in [-0.2, 0) is 27.2 Å². The highest BCUT2D eigenvalue weighted by Gasteiger charge is 2.26. The van der Waals surface area contributed by atoms with Crippen molar-refractivity contribution in [2.75, 3.05) is 5.32 Å². The topological polar surface area (TPSA) is 95.5 Å². The monoisotopic (exact) mass is 538 g/mol. The summed E-state index contributed by atoms with van der Waals surface area (Å²) in [7, 11) is 0. The Morgan fingerprint density at radius 2 is 2.00 bits per heavy atom. The molecule has 1 heterocycles. The lowest BCUT2D eigenvalue weighted by Crippen LogP contribution is -2.40. The summed E-state index contributed by atoms with van der Waals surface area (Å²) in [4.78, 5) is 37.6. The number of Topliss-reactive ketones (excluding diaryl/α,β-unsaturated/α-hetero) is 1. The van der Waals surface area contributed by atoms with E-state index in [9.17, 15) is 19.5 Å². The molecule has 2 unspecified atom stereocenters. The number of para-hydroxylation sites is 1. The summed E-state index contributed by atoms with van der Waals surface area (Å²) in [6.07, 6.45) is 9.92. The van der Waals surface area contributed by atoms with Gasteiger partial charge >= 0.3 is 0 Å². The van der Waals surface area contributed by atoms with Crippen molar-refractivity contribution in [3.63, 3.8) is 0 Å². The molecule has 0 saturated carbocycles. The van der Waals surface area contributed by atoms with Crippen molar-refractivity contribution in [3.05, 3.63) is 70.3 Å². The normalized spacial score (nSPS) is 16.8. The number of aryl methyl sites for hydroxylation is 2. The average molecular weight is 539 g/mol. The van der Waals surface area contributed by atoms with Gasteiger partial charge in [-0.3, -0.25) is 14.4 Å². The van der Waals surface area contributed by atoms with Crippen molar-refractivity contribution >= 4 is 34.9 Å². The maximum Gasteiger partial charge on any atom is 0.244 e. The van der Waals surface area contributed by atoms with Crippen LogP contribution in [-0.4, -0.2) is 28.7 Å². The van der Waals surface area contributed by atoms with E-state index in [2.05, 4.69) is 23.6 Å². The first kappa shape index (κ1) is 29.4. The molecule has 3 rings (SSSR count). The molecule has 0 bridgehead atoms. The number of benzene rings is 2. The Bertz CT molecular complexity index is 1150. The molecule has 0 aromatic heterocycles. The molecule has 204 valence electrons. The van der Waals surface area contributed by atoms with E-state index >= 15 is 0 Å². The molecule has 3 atom stereocenters. The standard InChI is InChI=1S/C31H39ClN2O4/c1-4-9-22(17-25-15-14-24-11-6-7-12-27(24)34-31(25)38)10-5-8-13-29(36)33-28(21(3)35)19-23-16-20(2)30(37)26(32)18-23/h6-8,11-13,16,18,22,25,28,37H,4-5,9-10,14-15,17,19H2,1-3H3,(H,33,36)(H,34,38)/b13-8+/t22?,25?,28-/m1/s1. The summed E-state index contributed by atoms with van der Waals surface area (Å²) < 4.78 is 0. The number of allylic oxidation sites excluding steroid dienone is 1. The molecule has 6 nitrogen and oxygen atoms in total. The summed E-state index contributed by atoms with van der Waals surface area (Å²) in [5.41, 5.74) is 3.50. The Labute approximate surface area is 230 Å². The summed E-state index contributed by atoms with van der Waals surface area (Å²) >= 11 is 6.06. The smallest absolute Gasteiger partial charge is 0.244 e. The fraction of sp³-hybridized carbons (Fsp3) is 0.452. The number of hydrogen-bond acceptors (Lipinski definition) is 4. The van der Waals surface area contributed by atoms with Crippen LogP contribution in [0.3, 0.4) is 0 Å². The maximum atomic E-state index is 12.9. The number of carbonyl (C=O) groups excluding carboxylic acids is 3. The molecular weight excluding hydrogens is 500 g/mol. The zero-order valence-corrected chi connectivity index (χ0v) is 23.3. The minimum atomic E-state index is -0.683. The fourth-order valence-electron chi connectivity index (χ4n) is 5.17. The van der Waals surface area contributed by atoms with Gasteiger partial charge < -0.3 is 15.7 Å². The molecular formula is C31H39ClN2O4. The lowest BCUT2D eigenvalue weighted by molar-refractivity contribution is -0.124. The molecule has 1 aliphatic heterocycles. The van der Waals surface area contributed by atoms with E-state index in [1.807, 2.05) is 24.3 Å². The largest absolute Gasteiger partial charge is 0.506 e. The van der Waals surface area contributed by atoms with Gasteiger partial charge in [-0.15, -0.1) is 0 Å². The van der Waals surface area contributed by atoms with Crippen molar-refractivity contribution < 1.29 is 19.5 Å². The van der Waals surface area contributed by atoms with Crippen LogP contribution < -0.4 is 10.6 Å². The van der Waals surface area contributed by atoms with Crippen LogP contribution in [0.1, 0.15) is 69.1 Å². The van der Waals surface area contributed by atoms with E-state index in [-0.39, 0.29) is 34.3 Å². The Hall–Kier alpha value is -3.12. The summed E-state index contributed by atoms with van der Waals surface area (Å²) in [6.45, 7) is 5.34. The number of halogens is 1. The first-order valence-electron chi connectivity index (χ1n) is 13.5. The van der Waals surface area contributed by atoms with E-state index in [1.165, 1.54) is 18.6 Å². The quantitative estimate of drug-likeness (QED) is 0.276. The number of carbonyl (C=O) groups is 3. The Morgan fingerprint density at radius 1 is 1.24 bits per heavy atom. The van der Waals surface area contributed by atoms with Crippen molar-refractivity contribution in [1.29, 1.82) is 0 Å². The van der Waals surface area contributed by atoms with Crippen LogP contribution in [0.2, 0.25) is 5.02 Å². The molecule has 7 heteroatoms. The zero-order chi connectivity index (χ0) is 27.7. The molecule has 1 aliphatic rings. The predicted molar refractivity (Wildman–Crippen MR) is 152 cm³/mol. The highest BCUT2D eigenvalue weighted by Crippen LogP contribution is 2.31.